The zero-order valence-corrected chi connectivity index (χ0v) is 13.6. The number of anilines is 2. The van der Waals surface area contributed by atoms with Crippen molar-refractivity contribution in [1.82, 2.24) is 0 Å². The predicted molar refractivity (Wildman–Crippen MR) is 83.5 cm³/mol. The van der Waals surface area contributed by atoms with Gasteiger partial charge in [-0.1, -0.05) is 0 Å². The molecule has 2 aromatic rings. The molecule has 0 saturated carbocycles. The molecule has 0 bridgehead atoms. The van der Waals surface area contributed by atoms with Crippen LogP contribution in [0.4, 0.5) is 28.9 Å². The van der Waals surface area contributed by atoms with Gasteiger partial charge in [0.1, 0.15) is 6.54 Å². The van der Waals surface area contributed by atoms with Gasteiger partial charge < -0.3 is 5.32 Å². The van der Waals surface area contributed by atoms with Crippen molar-refractivity contribution in [3.8, 4) is 0 Å². The number of rotatable bonds is 5. The molecule has 0 aliphatic rings. The third kappa shape index (κ3) is 4.69. The molecule has 25 heavy (non-hydrogen) atoms. The molecule has 0 saturated heterocycles. The first-order chi connectivity index (χ1) is 11.6. The Balaban J connectivity index is 2.23. The summed E-state index contributed by atoms with van der Waals surface area (Å²) in [5.41, 5.74) is -0.357. The van der Waals surface area contributed by atoms with Crippen molar-refractivity contribution < 1.29 is 30.8 Å². The third-order valence-corrected chi connectivity index (χ3v) is 4.22. The zero-order valence-electron chi connectivity index (χ0n) is 12.8. The lowest BCUT2D eigenvalue weighted by atomic mass is 10.3. The minimum atomic E-state index is -4.00. The second-order valence-corrected chi connectivity index (χ2v) is 6.95. The monoisotopic (exact) mass is 376 g/mol. The number of carbonyl (C=O) groups is 1. The van der Waals surface area contributed by atoms with E-state index in [2.05, 4.69) is 5.32 Å². The average molecular weight is 376 g/mol. The van der Waals surface area contributed by atoms with E-state index < -0.39 is 45.7 Å². The number of sulfonamides is 1. The smallest absolute Gasteiger partial charge is 0.245 e. The summed E-state index contributed by atoms with van der Waals surface area (Å²) in [6, 6.07) is 4.92. The van der Waals surface area contributed by atoms with E-state index in [1.54, 1.807) is 0 Å². The van der Waals surface area contributed by atoms with Gasteiger partial charge in [0.15, 0.2) is 23.3 Å². The Hall–Kier alpha value is -2.62. The molecule has 0 fully saturated rings. The van der Waals surface area contributed by atoms with Gasteiger partial charge in [0.2, 0.25) is 15.9 Å². The summed E-state index contributed by atoms with van der Waals surface area (Å²) in [5.74, 6) is -5.66. The van der Waals surface area contributed by atoms with Gasteiger partial charge in [0.25, 0.3) is 0 Å². The van der Waals surface area contributed by atoms with Gasteiger partial charge in [-0.25, -0.2) is 26.0 Å². The highest BCUT2D eigenvalue weighted by Gasteiger charge is 2.22. The van der Waals surface area contributed by atoms with Gasteiger partial charge in [-0.05, 0) is 24.3 Å². The van der Waals surface area contributed by atoms with Crippen LogP contribution in [0.2, 0.25) is 0 Å². The van der Waals surface area contributed by atoms with Crippen molar-refractivity contribution >= 4 is 27.3 Å². The minimum Gasteiger partial charge on any atom is -0.324 e. The van der Waals surface area contributed by atoms with Gasteiger partial charge in [-0.15, -0.1) is 0 Å². The third-order valence-electron chi connectivity index (χ3n) is 3.08. The molecular weight excluding hydrogens is 364 g/mol. The standard InChI is InChI=1S/C15H12F4N2O3S/c1-25(23,24)21(10-3-5-12(17)14(19)7-10)8-15(22)20-9-2-4-11(16)13(18)6-9/h2-7H,8H2,1H3,(H,20,22). The van der Waals surface area contributed by atoms with Gasteiger partial charge in [-0.2, -0.15) is 0 Å². The molecule has 2 aromatic carbocycles. The molecule has 1 N–H and O–H groups in total. The molecular formula is C15H12F4N2O3S. The van der Waals surface area contributed by atoms with Crippen LogP contribution in [0.25, 0.3) is 0 Å². The Labute approximate surface area is 140 Å². The van der Waals surface area contributed by atoms with Crippen molar-refractivity contribution in [3.05, 3.63) is 59.7 Å². The second-order valence-electron chi connectivity index (χ2n) is 5.05. The fraction of sp³-hybridized carbons (Fsp3) is 0.133. The van der Waals surface area contributed by atoms with Crippen molar-refractivity contribution in [2.45, 2.75) is 0 Å². The van der Waals surface area contributed by atoms with Crippen LogP contribution in [0, 0.1) is 23.3 Å². The van der Waals surface area contributed by atoms with Crippen LogP contribution < -0.4 is 9.62 Å². The molecule has 0 aliphatic carbocycles. The highest BCUT2D eigenvalue weighted by Crippen LogP contribution is 2.21. The fourth-order valence-corrected chi connectivity index (χ4v) is 2.79. The highest BCUT2D eigenvalue weighted by atomic mass is 32.2. The summed E-state index contributed by atoms with van der Waals surface area (Å²) in [7, 11) is -4.00. The summed E-state index contributed by atoms with van der Waals surface area (Å²) in [6.07, 6.45) is 0.777. The van der Waals surface area contributed by atoms with E-state index in [9.17, 15) is 30.8 Å². The Morgan fingerprint density at radius 3 is 2.04 bits per heavy atom. The molecule has 5 nitrogen and oxygen atoms in total. The van der Waals surface area contributed by atoms with Gasteiger partial charge >= 0.3 is 0 Å². The average Bonchev–Trinajstić information content (AvgIpc) is 2.50. The van der Waals surface area contributed by atoms with Crippen LogP contribution in [0.5, 0.6) is 0 Å². The summed E-state index contributed by atoms with van der Waals surface area (Å²) >= 11 is 0. The number of benzene rings is 2. The summed E-state index contributed by atoms with van der Waals surface area (Å²) in [5, 5.41) is 2.19. The number of carbonyl (C=O) groups excluding carboxylic acids is 1. The maximum absolute atomic E-state index is 13.3. The van der Waals surface area contributed by atoms with Crippen LogP contribution in [-0.4, -0.2) is 27.1 Å². The Kier molecular flexibility index (Phi) is 5.31. The zero-order chi connectivity index (χ0) is 18.8. The van der Waals surface area contributed by atoms with Crippen LogP contribution >= 0.6 is 0 Å². The van der Waals surface area contributed by atoms with Gasteiger partial charge in [0.05, 0.1) is 11.9 Å². The molecule has 134 valence electrons. The molecule has 0 unspecified atom stereocenters. The first-order valence-corrected chi connectivity index (χ1v) is 8.60. The molecule has 0 atom stereocenters. The molecule has 1 amide bonds. The number of nitrogens with one attached hydrogen (secondary N) is 1. The summed E-state index contributed by atoms with van der Waals surface area (Å²) < 4.78 is 76.5. The molecule has 0 aliphatic heterocycles. The minimum absolute atomic E-state index is 0.0948. The number of nitrogens with zero attached hydrogens (tertiary/aromatic N) is 1. The first kappa shape index (κ1) is 18.7. The first-order valence-electron chi connectivity index (χ1n) is 6.75. The maximum atomic E-state index is 13.3. The molecule has 10 heteroatoms. The van der Waals surface area contributed by atoms with Crippen LogP contribution in [0.1, 0.15) is 0 Å². The molecule has 0 radical (unpaired) electrons. The van der Waals surface area contributed by atoms with Crippen molar-refractivity contribution in [2.75, 3.05) is 22.4 Å². The molecule has 0 spiro atoms. The molecule has 0 aromatic heterocycles. The predicted octanol–water partition coefficient (Wildman–Crippen LogP) is 2.65. The van der Waals surface area contributed by atoms with E-state index in [0.29, 0.717) is 10.4 Å². The van der Waals surface area contributed by atoms with E-state index in [1.165, 1.54) is 0 Å². The highest BCUT2D eigenvalue weighted by molar-refractivity contribution is 7.92. The maximum Gasteiger partial charge on any atom is 0.245 e. The van der Waals surface area contributed by atoms with E-state index in [1.807, 2.05) is 0 Å². The largest absolute Gasteiger partial charge is 0.324 e. The quantitative estimate of drug-likeness (QED) is 0.816. The number of halogens is 4. The normalized spacial score (nSPS) is 11.2. The van der Waals surface area contributed by atoms with E-state index >= 15 is 0 Å². The number of amides is 1. The SMILES string of the molecule is CS(=O)(=O)N(CC(=O)Nc1ccc(F)c(F)c1)c1ccc(F)c(F)c1. The van der Waals surface area contributed by atoms with Crippen LogP contribution in [-0.2, 0) is 14.8 Å². The summed E-state index contributed by atoms with van der Waals surface area (Å²) in [4.78, 5) is 12.0. The van der Waals surface area contributed by atoms with Crippen molar-refractivity contribution in [1.29, 1.82) is 0 Å². The van der Waals surface area contributed by atoms with Crippen molar-refractivity contribution in [3.63, 3.8) is 0 Å². The second kappa shape index (κ2) is 7.09. The Morgan fingerprint density at radius 2 is 1.52 bits per heavy atom. The fourth-order valence-electron chi connectivity index (χ4n) is 1.95. The molecule has 2 rings (SSSR count). The lowest BCUT2D eigenvalue weighted by Gasteiger charge is -2.22. The van der Waals surface area contributed by atoms with Gasteiger partial charge in [0, 0.05) is 17.8 Å². The number of hydrogen-bond donors (Lipinski definition) is 1. The van der Waals surface area contributed by atoms with Crippen LogP contribution in [0.15, 0.2) is 36.4 Å². The lowest BCUT2D eigenvalue weighted by molar-refractivity contribution is -0.114. The van der Waals surface area contributed by atoms with Crippen molar-refractivity contribution in [2.24, 2.45) is 0 Å². The Morgan fingerprint density at radius 1 is 0.960 bits per heavy atom. The Bertz CT molecular complexity index is 919. The van der Waals surface area contributed by atoms with E-state index in [0.717, 1.165) is 36.6 Å². The molecule has 0 heterocycles. The van der Waals surface area contributed by atoms with Crippen LogP contribution in [0.3, 0.4) is 0 Å². The number of hydrogen-bond acceptors (Lipinski definition) is 3. The lowest BCUT2D eigenvalue weighted by Crippen LogP contribution is -2.37. The van der Waals surface area contributed by atoms with E-state index in [4.69, 9.17) is 0 Å². The van der Waals surface area contributed by atoms with Gasteiger partial charge in [-0.3, -0.25) is 9.10 Å². The topological polar surface area (TPSA) is 66.5 Å². The summed E-state index contributed by atoms with van der Waals surface area (Å²) in [6.45, 7) is -0.775. The van der Waals surface area contributed by atoms with E-state index in [-0.39, 0.29) is 11.4 Å².